The summed E-state index contributed by atoms with van der Waals surface area (Å²) < 4.78 is 11.4. The van der Waals surface area contributed by atoms with E-state index >= 15 is 0 Å². The summed E-state index contributed by atoms with van der Waals surface area (Å²) in [5.74, 6) is 1.42. The number of carbonyl (C=O) groups is 1. The second-order valence-corrected chi connectivity index (χ2v) is 9.49. The van der Waals surface area contributed by atoms with Crippen LogP contribution in [0.15, 0.2) is 84.9 Å². The van der Waals surface area contributed by atoms with Crippen molar-refractivity contribution < 1.29 is 14.3 Å². The van der Waals surface area contributed by atoms with Crippen molar-refractivity contribution in [3.63, 3.8) is 0 Å². The van der Waals surface area contributed by atoms with Gasteiger partial charge in [-0.3, -0.25) is 10.2 Å². The smallest absolute Gasteiger partial charge is 0.258 e. The fraction of sp³-hybridized carbons (Fsp3) is 0.226. The van der Waals surface area contributed by atoms with Crippen molar-refractivity contribution in [2.24, 2.45) is 5.73 Å². The lowest BCUT2D eigenvalue weighted by Gasteiger charge is -2.26. The number of hydrogen-bond acceptors (Lipinski definition) is 5. The number of hydrogen-bond donors (Lipinski definition) is 3. The number of amides is 1. The highest BCUT2D eigenvalue weighted by atomic mass is 35.5. The Kier molecular flexibility index (Phi) is 10.8. The molecule has 0 bridgehead atoms. The Labute approximate surface area is 247 Å². The fourth-order valence-electron chi connectivity index (χ4n) is 4.72. The van der Waals surface area contributed by atoms with Gasteiger partial charge in [-0.15, -0.1) is 24.8 Å². The lowest BCUT2D eigenvalue weighted by atomic mass is 10.0. The molecule has 0 saturated carbocycles. The Bertz CT molecular complexity index is 1440. The molecule has 0 spiro atoms. The minimum atomic E-state index is -0.114. The van der Waals surface area contributed by atoms with E-state index in [0.717, 1.165) is 53.7 Å². The minimum absolute atomic E-state index is 0. The highest BCUT2D eigenvalue weighted by Crippen LogP contribution is 2.27. The fourth-order valence-corrected chi connectivity index (χ4v) is 4.72. The zero-order valence-electron chi connectivity index (χ0n) is 22.3. The molecule has 9 heteroatoms. The minimum Gasteiger partial charge on any atom is -0.497 e. The van der Waals surface area contributed by atoms with Crippen molar-refractivity contribution >= 4 is 53.0 Å². The summed E-state index contributed by atoms with van der Waals surface area (Å²) in [5.41, 5.74) is 8.69. The first kappa shape index (κ1) is 30.8. The van der Waals surface area contributed by atoms with Crippen LogP contribution >= 0.6 is 24.8 Å². The van der Waals surface area contributed by atoms with Crippen LogP contribution in [0.2, 0.25) is 0 Å². The Morgan fingerprint density at radius 1 is 0.875 bits per heavy atom. The first-order valence-corrected chi connectivity index (χ1v) is 12.8. The number of piperidine rings is 1. The van der Waals surface area contributed by atoms with Crippen LogP contribution in [0, 0.1) is 5.41 Å². The summed E-state index contributed by atoms with van der Waals surface area (Å²) in [4.78, 5) is 15.5. The summed E-state index contributed by atoms with van der Waals surface area (Å²) in [6.07, 6.45) is 2.17. The van der Waals surface area contributed by atoms with Crippen LogP contribution in [0.1, 0.15) is 34.3 Å². The Morgan fingerprint density at radius 3 is 2.15 bits per heavy atom. The van der Waals surface area contributed by atoms with Gasteiger partial charge in [0.05, 0.1) is 13.7 Å². The predicted octanol–water partition coefficient (Wildman–Crippen LogP) is 5.95. The second kappa shape index (κ2) is 14.0. The van der Waals surface area contributed by atoms with Crippen LogP contribution in [0.4, 0.5) is 5.69 Å². The molecule has 1 amide bonds. The van der Waals surface area contributed by atoms with Crippen molar-refractivity contribution in [2.75, 3.05) is 25.1 Å². The SMILES string of the molecule is COc1ccc(C(=O)N(Cc2ccc3ccc(C(=N)N)cc3c2)c2ccc(OC3CCNCC3)cc2)cc1.Cl.Cl. The lowest BCUT2D eigenvalue weighted by Crippen LogP contribution is -2.34. The van der Waals surface area contributed by atoms with Crippen molar-refractivity contribution in [2.45, 2.75) is 25.5 Å². The first-order valence-electron chi connectivity index (χ1n) is 12.8. The van der Waals surface area contributed by atoms with Gasteiger partial charge < -0.3 is 25.4 Å². The van der Waals surface area contributed by atoms with E-state index in [4.69, 9.17) is 20.6 Å². The predicted molar refractivity (Wildman–Crippen MR) is 166 cm³/mol. The number of anilines is 1. The number of halogens is 2. The molecule has 1 aliphatic heterocycles. The third kappa shape index (κ3) is 7.24. The number of fused-ring (bicyclic) bond motifs is 1. The van der Waals surface area contributed by atoms with Gasteiger partial charge in [-0.2, -0.15) is 0 Å². The number of nitrogen functional groups attached to an aromatic ring is 1. The standard InChI is InChI=1S/C31H32N4O3.2ClH/c1-37-27-10-6-23(7-11-27)31(36)35(26-8-12-28(13-9-26)38-29-14-16-34-17-15-29)20-21-2-3-22-4-5-24(30(32)33)19-25(22)18-21;;/h2-13,18-19,29,34H,14-17,20H2,1H3,(H3,32,33);2*1H. The molecule has 40 heavy (non-hydrogen) atoms. The molecule has 0 atom stereocenters. The number of carbonyl (C=O) groups excluding carboxylic acids is 1. The number of nitrogens with one attached hydrogen (secondary N) is 2. The van der Waals surface area contributed by atoms with Gasteiger partial charge >= 0.3 is 0 Å². The van der Waals surface area contributed by atoms with E-state index in [9.17, 15) is 4.79 Å². The summed E-state index contributed by atoms with van der Waals surface area (Å²) in [7, 11) is 1.60. The zero-order chi connectivity index (χ0) is 26.5. The van der Waals surface area contributed by atoms with Crippen LogP contribution in [-0.4, -0.2) is 38.0 Å². The molecule has 0 unspecified atom stereocenters. The number of ether oxygens (including phenoxy) is 2. The van der Waals surface area contributed by atoms with E-state index < -0.39 is 0 Å². The maximum Gasteiger partial charge on any atom is 0.258 e. The number of amidine groups is 1. The van der Waals surface area contributed by atoms with Gasteiger partial charge in [-0.25, -0.2) is 0 Å². The van der Waals surface area contributed by atoms with Crippen LogP contribution in [0.5, 0.6) is 11.5 Å². The summed E-state index contributed by atoms with van der Waals surface area (Å²) >= 11 is 0. The van der Waals surface area contributed by atoms with E-state index in [-0.39, 0.29) is 42.7 Å². The first-order chi connectivity index (χ1) is 18.5. The van der Waals surface area contributed by atoms with Crippen molar-refractivity contribution in [3.8, 4) is 11.5 Å². The molecule has 1 heterocycles. The zero-order valence-corrected chi connectivity index (χ0v) is 23.9. The summed E-state index contributed by atoms with van der Waals surface area (Å²) in [6, 6.07) is 26.7. The molecule has 0 aliphatic carbocycles. The number of benzene rings is 4. The van der Waals surface area contributed by atoms with Crippen molar-refractivity contribution in [1.29, 1.82) is 5.41 Å². The molecule has 1 aliphatic rings. The molecule has 7 nitrogen and oxygen atoms in total. The van der Waals surface area contributed by atoms with Gasteiger partial charge in [0, 0.05) is 16.8 Å². The Balaban J connectivity index is 0.00000220. The monoisotopic (exact) mass is 580 g/mol. The molecule has 4 aromatic carbocycles. The molecule has 4 N–H and O–H groups in total. The third-order valence-electron chi connectivity index (χ3n) is 6.88. The average Bonchev–Trinajstić information content (AvgIpc) is 2.96. The second-order valence-electron chi connectivity index (χ2n) is 9.49. The lowest BCUT2D eigenvalue weighted by molar-refractivity contribution is 0.0985. The number of nitrogens with zero attached hydrogens (tertiary/aromatic N) is 1. The van der Waals surface area contributed by atoms with Crippen molar-refractivity contribution in [3.05, 3.63) is 102 Å². The molecule has 210 valence electrons. The highest BCUT2D eigenvalue weighted by molar-refractivity contribution is 6.06. The van der Waals surface area contributed by atoms with Crippen LogP contribution < -0.4 is 25.4 Å². The molecular weight excluding hydrogens is 547 g/mol. The van der Waals surface area contributed by atoms with Crippen LogP contribution in [0.3, 0.4) is 0 Å². The van der Waals surface area contributed by atoms with Gasteiger partial charge in [0.1, 0.15) is 23.4 Å². The summed E-state index contributed by atoms with van der Waals surface area (Å²) in [5, 5.41) is 13.1. The van der Waals surface area contributed by atoms with E-state index in [1.165, 1.54) is 0 Å². The number of methoxy groups -OCH3 is 1. The molecule has 1 saturated heterocycles. The molecule has 0 radical (unpaired) electrons. The van der Waals surface area contributed by atoms with Gasteiger partial charge in [0.2, 0.25) is 0 Å². The average molecular weight is 582 g/mol. The Hall–Kier alpha value is -3.78. The van der Waals surface area contributed by atoms with Crippen LogP contribution in [-0.2, 0) is 6.54 Å². The van der Waals surface area contributed by atoms with Gasteiger partial charge in [-0.1, -0.05) is 24.3 Å². The van der Waals surface area contributed by atoms with Gasteiger partial charge in [-0.05, 0) is 103 Å². The number of rotatable bonds is 8. The maximum atomic E-state index is 13.8. The highest BCUT2D eigenvalue weighted by Gasteiger charge is 2.20. The van der Waals surface area contributed by atoms with E-state index in [0.29, 0.717) is 23.4 Å². The van der Waals surface area contributed by atoms with E-state index in [1.54, 1.807) is 36.3 Å². The normalized spacial score (nSPS) is 13.0. The third-order valence-corrected chi connectivity index (χ3v) is 6.88. The molecule has 5 rings (SSSR count). The molecule has 4 aromatic rings. The van der Waals surface area contributed by atoms with Crippen molar-refractivity contribution in [1.82, 2.24) is 5.32 Å². The molecule has 0 aromatic heterocycles. The maximum absolute atomic E-state index is 13.8. The Morgan fingerprint density at radius 2 is 1.50 bits per heavy atom. The summed E-state index contributed by atoms with van der Waals surface area (Å²) in [6.45, 7) is 2.30. The van der Waals surface area contributed by atoms with Gasteiger partial charge in [0.25, 0.3) is 5.91 Å². The van der Waals surface area contributed by atoms with Gasteiger partial charge in [0.15, 0.2) is 0 Å². The topological polar surface area (TPSA) is 101 Å². The number of nitrogens with two attached hydrogens (primary N) is 1. The van der Waals surface area contributed by atoms with E-state index in [1.807, 2.05) is 60.7 Å². The molecular formula is C31H34Cl2N4O3. The quantitative estimate of drug-likeness (QED) is 0.176. The largest absolute Gasteiger partial charge is 0.497 e. The van der Waals surface area contributed by atoms with Crippen LogP contribution in [0.25, 0.3) is 10.8 Å². The molecule has 1 fully saturated rings. The van der Waals surface area contributed by atoms with E-state index in [2.05, 4.69) is 5.32 Å².